The molecule has 0 heterocycles. The standard InChI is InChI=1S/C12H17NO2/c1-4-9-7-6-8-11(10(9)5-2)13-12(14)15-3/h6-8H,4-5H2,1-3H3,(H,13,14). The molecular weight excluding hydrogens is 190 g/mol. The van der Waals surface area contributed by atoms with Crippen molar-refractivity contribution in [2.24, 2.45) is 0 Å². The first-order chi connectivity index (χ1) is 7.22. The average molecular weight is 207 g/mol. The summed E-state index contributed by atoms with van der Waals surface area (Å²) in [5.41, 5.74) is 3.31. The highest BCUT2D eigenvalue weighted by molar-refractivity contribution is 5.85. The molecule has 0 bridgehead atoms. The van der Waals surface area contributed by atoms with Gasteiger partial charge < -0.3 is 4.74 Å². The molecule has 3 nitrogen and oxygen atoms in total. The monoisotopic (exact) mass is 207 g/mol. The van der Waals surface area contributed by atoms with Crippen LogP contribution in [0.3, 0.4) is 0 Å². The van der Waals surface area contributed by atoms with E-state index >= 15 is 0 Å². The number of benzene rings is 1. The van der Waals surface area contributed by atoms with Gasteiger partial charge >= 0.3 is 6.09 Å². The predicted octanol–water partition coefficient (Wildman–Crippen LogP) is 2.99. The lowest BCUT2D eigenvalue weighted by Crippen LogP contribution is -2.13. The van der Waals surface area contributed by atoms with E-state index in [0.717, 1.165) is 18.5 Å². The number of carbonyl (C=O) groups excluding carboxylic acids is 1. The molecule has 0 atom stereocenters. The van der Waals surface area contributed by atoms with Crippen molar-refractivity contribution in [3.05, 3.63) is 29.3 Å². The molecule has 0 aliphatic rings. The molecule has 0 radical (unpaired) electrons. The Morgan fingerprint density at radius 1 is 1.33 bits per heavy atom. The van der Waals surface area contributed by atoms with Crippen LogP contribution in [0.5, 0.6) is 0 Å². The summed E-state index contributed by atoms with van der Waals surface area (Å²) in [6.07, 6.45) is 1.46. The highest BCUT2D eigenvalue weighted by atomic mass is 16.5. The molecule has 1 N–H and O–H groups in total. The number of nitrogens with one attached hydrogen (secondary N) is 1. The summed E-state index contributed by atoms with van der Waals surface area (Å²) in [6.45, 7) is 4.19. The van der Waals surface area contributed by atoms with Gasteiger partial charge in [-0.1, -0.05) is 26.0 Å². The summed E-state index contributed by atoms with van der Waals surface area (Å²) < 4.78 is 4.58. The summed E-state index contributed by atoms with van der Waals surface area (Å²) in [7, 11) is 1.37. The van der Waals surface area contributed by atoms with Gasteiger partial charge in [-0.2, -0.15) is 0 Å². The van der Waals surface area contributed by atoms with Gasteiger partial charge in [-0.25, -0.2) is 4.79 Å². The SMILES string of the molecule is CCc1cccc(NC(=O)OC)c1CC. The van der Waals surface area contributed by atoms with Crippen LogP contribution in [-0.4, -0.2) is 13.2 Å². The lowest BCUT2D eigenvalue weighted by Gasteiger charge is -2.12. The van der Waals surface area contributed by atoms with Gasteiger partial charge in [0, 0.05) is 5.69 Å². The van der Waals surface area contributed by atoms with E-state index in [2.05, 4.69) is 30.0 Å². The smallest absolute Gasteiger partial charge is 0.411 e. The topological polar surface area (TPSA) is 38.3 Å². The Morgan fingerprint density at radius 3 is 2.60 bits per heavy atom. The molecule has 1 amide bonds. The van der Waals surface area contributed by atoms with Crippen LogP contribution < -0.4 is 5.32 Å². The molecule has 0 aromatic heterocycles. The maximum absolute atomic E-state index is 11.1. The van der Waals surface area contributed by atoms with Crippen LogP contribution in [0.25, 0.3) is 0 Å². The van der Waals surface area contributed by atoms with E-state index in [4.69, 9.17) is 0 Å². The Bertz CT molecular complexity index is 347. The number of rotatable bonds is 3. The maximum atomic E-state index is 11.1. The quantitative estimate of drug-likeness (QED) is 0.827. The normalized spacial score (nSPS) is 9.80. The van der Waals surface area contributed by atoms with E-state index in [1.165, 1.54) is 18.2 Å². The predicted molar refractivity (Wildman–Crippen MR) is 61.2 cm³/mol. The third-order valence-electron chi connectivity index (χ3n) is 2.43. The largest absolute Gasteiger partial charge is 0.453 e. The Labute approximate surface area is 90.4 Å². The van der Waals surface area contributed by atoms with Gasteiger partial charge in [-0.15, -0.1) is 0 Å². The van der Waals surface area contributed by atoms with E-state index in [9.17, 15) is 4.79 Å². The average Bonchev–Trinajstić information content (AvgIpc) is 2.28. The molecule has 1 rings (SSSR count). The molecule has 0 unspecified atom stereocenters. The Morgan fingerprint density at radius 2 is 2.07 bits per heavy atom. The van der Waals surface area contributed by atoms with Crippen molar-refractivity contribution in [2.45, 2.75) is 26.7 Å². The van der Waals surface area contributed by atoms with Gasteiger partial charge in [0.05, 0.1) is 7.11 Å². The molecule has 0 aliphatic heterocycles. The van der Waals surface area contributed by atoms with Crippen molar-refractivity contribution >= 4 is 11.8 Å². The van der Waals surface area contributed by atoms with Crippen LogP contribution in [0.4, 0.5) is 10.5 Å². The van der Waals surface area contributed by atoms with Crippen molar-refractivity contribution in [3.8, 4) is 0 Å². The zero-order chi connectivity index (χ0) is 11.3. The molecular formula is C12H17NO2. The molecule has 0 saturated carbocycles. The van der Waals surface area contributed by atoms with Gasteiger partial charge in [0.15, 0.2) is 0 Å². The number of amides is 1. The minimum absolute atomic E-state index is 0.419. The lowest BCUT2D eigenvalue weighted by atomic mass is 10.0. The molecule has 0 aliphatic carbocycles. The second kappa shape index (κ2) is 5.39. The molecule has 0 saturated heterocycles. The summed E-state index contributed by atoms with van der Waals surface area (Å²) in [4.78, 5) is 11.1. The van der Waals surface area contributed by atoms with Crippen LogP contribution in [-0.2, 0) is 17.6 Å². The third kappa shape index (κ3) is 2.72. The van der Waals surface area contributed by atoms with Crippen molar-refractivity contribution in [3.63, 3.8) is 0 Å². The summed E-state index contributed by atoms with van der Waals surface area (Å²) in [5, 5.41) is 2.72. The minimum atomic E-state index is -0.419. The number of aryl methyl sites for hydroxylation is 1. The molecule has 0 fully saturated rings. The van der Waals surface area contributed by atoms with Crippen LogP contribution >= 0.6 is 0 Å². The molecule has 1 aromatic rings. The van der Waals surface area contributed by atoms with Crippen molar-refractivity contribution in [2.75, 3.05) is 12.4 Å². The Balaban J connectivity index is 3.00. The van der Waals surface area contributed by atoms with E-state index < -0.39 is 6.09 Å². The first-order valence-corrected chi connectivity index (χ1v) is 5.18. The van der Waals surface area contributed by atoms with E-state index in [1.54, 1.807) is 0 Å². The van der Waals surface area contributed by atoms with Crippen molar-refractivity contribution < 1.29 is 9.53 Å². The van der Waals surface area contributed by atoms with Crippen LogP contribution in [0, 0.1) is 0 Å². The van der Waals surface area contributed by atoms with E-state index in [0.29, 0.717) is 0 Å². The second-order valence-electron chi connectivity index (χ2n) is 3.27. The summed E-state index contributed by atoms with van der Waals surface area (Å²) in [5.74, 6) is 0. The summed E-state index contributed by atoms with van der Waals surface area (Å²) >= 11 is 0. The number of hydrogen-bond donors (Lipinski definition) is 1. The first-order valence-electron chi connectivity index (χ1n) is 5.18. The highest BCUT2D eigenvalue weighted by Crippen LogP contribution is 2.21. The number of anilines is 1. The zero-order valence-electron chi connectivity index (χ0n) is 9.46. The number of carbonyl (C=O) groups is 1. The van der Waals surface area contributed by atoms with Crippen LogP contribution in [0.2, 0.25) is 0 Å². The van der Waals surface area contributed by atoms with E-state index in [1.807, 2.05) is 12.1 Å². The number of methoxy groups -OCH3 is 1. The molecule has 0 spiro atoms. The third-order valence-corrected chi connectivity index (χ3v) is 2.43. The minimum Gasteiger partial charge on any atom is -0.453 e. The Hall–Kier alpha value is -1.51. The molecule has 15 heavy (non-hydrogen) atoms. The molecule has 1 aromatic carbocycles. The van der Waals surface area contributed by atoms with Crippen molar-refractivity contribution in [1.82, 2.24) is 0 Å². The first kappa shape index (κ1) is 11.6. The van der Waals surface area contributed by atoms with E-state index in [-0.39, 0.29) is 0 Å². The van der Waals surface area contributed by atoms with Crippen LogP contribution in [0.1, 0.15) is 25.0 Å². The molecule has 82 valence electrons. The fourth-order valence-corrected chi connectivity index (χ4v) is 1.66. The fourth-order valence-electron chi connectivity index (χ4n) is 1.66. The van der Waals surface area contributed by atoms with Gasteiger partial charge in [0.2, 0.25) is 0 Å². The molecule has 3 heteroatoms. The zero-order valence-corrected chi connectivity index (χ0v) is 9.46. The van der Waals surface area contributed by atoms with Gasteiger partial charge in [-0.3, -0.25) is 5.32 Å². The number of hydrogen-bond acceptors (Lipinski definition) is 2. The Kier molecular flexibility index (Phi) is 4.16. The van der Waals surface area contributed by atoms with Gasteiger partial charge in [0.25, 0.3) is 0 Å². The summed E-state index contributed by atoms with van der Waals surface area (Å²) in [6, 6.07) is 5.93. The van der Waals surface area contributed by atoms with Crippen molar-refractivity contribution in [1.29, 1.82) is 0 Å². The van der Waals surface area contributed by atoms with Crippen LogP contribution in [0.15, 0.2) is 18.2 Å². The highest BCUT2D eigenvalue weighted by Gasteiger charge is 2.07. The lowest BCUT2D eigenvalue weighted by molar-refractivity contribution is 0.187. The van der Waals surface area contributed by atoms with Gasteiger partial charge in [0.1, 0.15) is 0 Å². The van der Waals surface area contributed by atoms with Gasteiger partial charge in [-0.05, 0) is 30.0 Å². The fraction of sp³-hybridized carbons (Fsp3) is 0.417. The number of ether oxygens (including phenoxy) is 1. The maximum Gasteiger partial charge on any atom is 0.411 e. The second-order valence-corrected chi connectivity index (χ2v) is 3.27.